The molecule has 3 aromatic rings. The molecular formula is C22H23N5O2. The Labute approximate surface area is 169 Å². The molecule has 1 aliphatic heterocycles. The van der Waals surface area contributed by atoms with Crippen molar-refractivity contribution in [1.29, 1.82) is 0 Å². The van der Waals surface area contributed by atoms with Crippen LogP contribution in [0.25, 0.3) is 0 Å². The van der Waals surface area contributed by atoms with Gasteiger partial charge < -0.3 is 15.4 Å². The minimum Gasteiger partial charge on any atom is -0.495 e. The Kier molecular flexibility index (Phi) is 4.80. The number of carbonyl (C=O) groups is 1. The van der Waals surface area contributed by atoms with Crippen molar-refractivity contribution in [3.63, 3.8) is 0 Å². The van der Waals surface area contributed by atoms with E-state index in [9.17, 15) is 4.79 Å². The van der Waals surface area contributed by atoms with Crippen LogP contribution in [0.2, 0.25) is 0 Å². The standard InChI is InChI=1S/C22H23N5O2/c1-13-9-11-16(12-10-13)20-19(14(2)23-22-24-15(3)26-27(20)22)21(28)25-17-7-5-6-8-18(17)29-4/h5-12,20H,1-4H3,(H,25,28)(H,23,24,26)/t20-/m1/s1. The van der Waals surface area contributed by atoms with Gasteiger partial charge in [0.25, 0.3) is 5.91 Å². The third-order valence-electron chi connectivity index (χ3n) is 4.95. The zero-order chi connectivity index (χ0) is 20.5. The largest absolute Gasteiger partial charge is 0.495 e. The van der Waals surface area contributed by atoms with Gasteiger partial charge in [0.1, 0.15) is 17.6 Å². The van der Waals surface area contributed by atoms with Gasteiger partial charge in [0.05, 0.1) is 18.4 Å². The molecule has 1 atom stereocenters. The molecule has 4 rings (SSSR count). The summed E-state index contributed by atoms with van der Waals surface area (Å²) in [5, 5.41) is 10.7. The fourth-order valence-electron chi connectivity index (χ4n) is 3.55. The van der Waals surface area contributed by atoms with Crippen molar-refractivity contribution in [2.45, 2.75) is 26.8 Å². The summed E-state index contributed by atoms with van der Waals surface area (Å²) in [6.45, 7) is 5.75. The van der Waals surface area contributed by atoms with E-state index in [-0.39, 0.29) is 11.9 Å². The van der Waals surface area contributed by atoms with Crippen molar-refractivity contribution in [2.75, 3.05) is 17.7 Å². The molecule has 0 fully saturated rings. The second-order valence-corrected chi connectivity index (χ2v) is 7.06. The van der Waals surface area contributed by atoms with Crippen molar-refractivity contribution < 1.29 is 9.53 Å². The average Bonchev–Trinajstić information content (AvgIpc) is 3.07. The topological polar surface area (TPSA) is 81.1 Å². The third kappa shape index (κ3) is 3.47. The van der Waals surface area contributed by atoms with Crippen LogP contribution in [0.15, 0.2) is 59.8 Å². The van der Waals surface area contributed by atoms with Gasteiger partial charge in [-0.2, -0.15) is 10.1 Å². The van der Waals surface area contributed by atoms with E-state index in [4.69, 9.17) is 4.74 Å². The molecular weight excluding hydrogens is 366 g/mol. The highest BCUT2D eigenvalue weighted by Crippen LogP contribution is 2.36. The summed E-state index contributed by atoms with van der Waals surface area (Å²) < 4.78 is 7.14. The van der Waals surface area contributed by atoms with E-state index < -0.39 is 0 Å². The fraction of sp³-hybridized carbons (Fsp3) is 0.227. The molecule has 1 aromatic heterocycles. The van der Waals surface area contributed by atoms with Crippen molar-refractivity contribution >= 4 is 17.5 Å². The number of nitrogens with zero attached hydrogens (tertiary/aromatic N) is 3. The quantitative estimate of drug-likeness (QED) is 0.709. The molecule has 148 valence electrons. The second-order valence-electron chi connectivity index (χ2n) is 7.06. The van der Waals surface area contributed by atoms with E-state index in [2.05, 4.69) is 20.7 Å². The van der Waals surface area contributed by atoms with E-state index in [0.29, 0.717) is 28.8 Å². The van der Waals surface area contributed by atoms with Gasteiger partial charge in [0.15, 0.2) is 0 Å². The van der Waals surface area contributed by atoms with Gasteiger partial charge in [-0.15, -0.1) is 0 Å². The highest BCUT2D eigenvalue weighted by Gasteiger charge is 2.34. The fourth-order valence-corrected chi connectivity index (χ4v) is 3.55. The first kappa shape index (κ1) is 18.7. The summed E-state index contributed by atoms with van der Waals surface area (Å²) in [6, 6.07) is 15.1. The average molecular weight is 389 g/mol. The Hall–Kier alpha value is -3.61. The van der Waals surface area contributed by atoms with Crippen molar-refractivity contribution in [2.24, 2.45) is 0 Å². The molecule has 29 heavy (non-hydrogen) atoms. The van der Waals surface area contributed by atoms with Crippen LogP contribution in [-0.4, -0.2) is 27.8 Å². The predicted octanol–water partition coefficient (Wildman–Crippen LogP) is 3.83. The molecule has 0 spiro atoms. The zero-order valence-electron chi connectivity index (χ0n) is 16.9. The molecule has 2 N–H and O–H groups in total. The van der Waals surface area contributed by atoms with Gasteiger partial charge >= 0.3 is 0 Å². The van der Waals surface area contributed by atoms with Crippen molar-refractivity contribution in [1.82, 2.24) is 14.8 Å². The number of hydrogen-bond acceptors (Lipinski definition) is 5. The number of nitrogens with one attached hydrogen (secondary N) is 2. The Balaban J connectivity index is 1.78. The van der Waals surface area contributed by atoms with Crippen LogP contribution in [-0.2, 0) is 4.79 Å². The van der Waals surface area contributed by atoms with Crippen LogP contribution in [0, 0.1) is 13.8 Å². The zero-order valence-corrected chi connectivity index (χ0v) is 16.9. The molecule has 1 aliphatic rings. The SMILES string of the molecule is COc1ccccc1NC(=O)C1=C(C)Nc2nc(C)nn2[C@@H]1c1ccc(C)cc1. The third-order valence-corrected chi connectivity index (χ3v) is 4.95. The smallest absolute Gasteiger partial charge is 0.255 e. The van der Waals surface area contributed by atoms with Gasteiger partial charge in [-0.25, -0.2) is 4.68 Å². The van der Waals surface area contributed by atoms with E-state index in [0.717, 1.165) is 16.8 Å². The summed E-state index contributed by atoms with van der Waals surface area (Å²) in [5.74, 6) is 1.65. The minimum atomic E-state index is -0.386. The number of aryl methyl sites for hydroxylation is 2. The molecule has 7 heteroatoms. The summed E-state index contributed by atoms with van der Waals surface area (Å²) in [7, 11) is 1.58. The molecule has 0 radical (unpaired) electrons. The first-order valence-electron chi connectivity index (χ1n) is 9.40. The second kappa shape index (κ2) is 7.43. The lowest BCUT2D eigenvalue weighted by Gasteiger charge is -2.29. The first-order chi connectivity index (χ1) is 14.0. The number of aromatic nitrogens is 3. The normalized spacial score (nSPS) is 15.5. The van der Waals surface area contributed by atoms with Gasteiger partial charge in [-0.05, 0) is 38.5 Å². The van der Waals surface area contributed by atoms with Gasteiger partial charge in [0.2, 0.25) is 5.95 Å². The van der Waals surface area contributed by atoms with E-state index >= 15 is 0 Å². The van der Waals surface area contributed by atoms with Crippen LogP contribution in [0.4, 0.5) is 11.6 Å². The number of anilines is 2. The Morgan fingerprint density at radius 1 is 1.10 bits per heavy atom. The van der Waals surface area contributed by atoms with Gasteiger partial charge in [-0.1, -0.05) is 42.0 Å². The van der Waals surface area contributed by atoms with Crippen molar-refractivity contribution in [3.8, 4) is 5.75 Å². The van der Waals surface area contributed by atoms with Gasteiger partial charge in [-0.3, -0.25) is 4.79 Å². The van der Waals surface area contributed by atoms with Crippen LogP contribution < -0.4 is 15.4 Å². The summed E-state index contributed by atoms with van der Waals surface area (Å²) >= 11 is 0. The molecule has 2 heterocycles. The minimum absolute atomic E-state index is 0.219. The summed E-state index contributed by atoms with van der Waals surface area (Å²) in [6.07, 6.45) is 0. The Morgan fingerprint density at radius 3 is 2.55 bits per heavy atom. The lowest BCUT2D eigenvalue weighted by atomic mass is 9.94. The highest BCUT2D eigenvalue weighted by molar-refractivity contribution is 6.06. The number of para-hydroxylation sites is 2. The van der Waals surface area contributed by atoms with E-state index in [1.54, 1.807) is 11.8 Å². The maximum absolute atomic E-state index is 13.4. The number of hydrogen-bond donors (Lipinski definition) is 2. The maximum Gasteiger partial charge on any atom is 0.255 e. The molecule has 0 unspecified atom stereocenters. The number of carbonyl (C=O) groups excluding carboxylic acids is 1. The Bertz CT molecular complexity index is 1100. The number of fused-ring (bicyclic) bond motifs is 1. The number of rotatable bonds is 4. The maximum atomic E-state index is 13.4. The number of ether oxygens (including phenoxy) is 1. The number of methoxy groups -OCH3 is 1. The molecule has 0 bridgehead atoms. The molecule has 7 nitrogen and oxygen atoms in total. The number of benzene rings is 2. The molecule has 0 saturated heterocycles. The summed E-state index contributed by atoms with van der Waals surface area (Å²) in [4.78, 5) is 17.8. The molecule has 0 saturated carbocycles. The van der Waals surface area contributed by atoms with Crippen LogP contribution in [0.5, 0.6) is 5.75 Å². The number of allylic oxidation sites excluding steroid dienone is 1. The lowest BCUT2D eigenvalue weighted by Crippen LogP contribution is -2.31. The van der Waals surface area contributed by atoms with Crippen LogP contribution in [0.3, 0.4) is 0 Å². The monoisotopic (exact) mass is 389 g/mol. The molecule has 1 amide bonds. The van der Waals surface area contributed by atoms with E-state index in [1.165, 1.54) is 0 Å². The van der Waals surface area contributed by atoms with Gasteiger partial charge in [0, 0.05) is 5.70 Å². The first-order valence-corrected chi connectivity index (χ1v) is 9.40. The van der Waals surface area contributed by atoms with Crippen molar-refractivity contribution in [3.05, 3.63) is 76.8 Å². The predicted molar refractivity (Wildman–Crippen MR) is 112 cm³/mol. The molecule has 2 aromatic carbocycles. The summed E-state index contributed by atoms with van der Waals surface area (Å²) in [5.41, 5.74) is 4.05. The van der Waals surface area contributed by atoms with Crippen LogP contribution >= 0.6 is 0 Å². The highest BCUT2D eigenvalue weighted by atomic mass is 16.5. The lowest BCUT2D eigenvalue weighted by molar-refractivity contribution is -0.113. The Morgan fingerprint density at radius 2 is 1.83 bits per heavy atom. The van der Waals surface area contributed by atoms with E-state index in [1.807, 2.05) is 69.3 Å². The van der Waals surface area contributed by atoms with Crippen LogP contribution in [0.1, 0.15) is 29.9 Å². The molecule has 0 aliphatic carbocycles. The number of amides is 1.